The minimum atomic E-state index is -0.920. The fourth-order valence-electron chi connectivity index (χ4n) is 8.84. The summed E-state index contributed by atoms with van der Waals surface area (Å²) < 4.78 is 5.44. The highest BCUT2D eigenvalue weighted by Gasteiger charge is 2.74. The van der Waals surface area contributed by atoms with E-state index in [1.807, 2.05) is 13.0 Å². The monoisotopic (exact) mass is 416 g/mol. The summed E-state index contributed by atoms with van der Waals surface area (Å²) in [5.74, 6) is 0.359. The molecule has 3 unspecified atom stereocenters. The van der Waals surface area contributed by atoms with E-state index in [0.717, 1.165) is 43.3 Å². The van der Waals surface area contributed by atoms with Gasteiger partial charge in [0, 0.05) is 5.41 Å². The first kappa shape index (κ1) is 22.1. The van der Waals surface area contributed by atoms with Crippen LogP contribution in [0.3, 0.4) is 0 Å². The molecule has 2 bridgehead atoms. The molecule has 4 aliphatic rings. The maximum absolute atomic E-state index is 13.6. The van der Waals surface area contributed by atoms with Crippen LogP contribution in [0.2, 0.25) is 0 Å². The van der Waals surface area contributed by atoms with Crippen LogP contribution in [0.1, 0.15) is 73.6 Å². The number of hydrogen-bond donors (Lipinski definition) is 2. The topological polar surface area (TPSA) is 66.8 Å². The lowest BCUT2D eigenvalue weighted by Crippen LogP contribution is -2.69. The van der Waals surface area contributed by atoms with Crippen LogP contribution < -0.4 is 0 Å². The van der Waals surface area contributed by atoms with Crippen molar-refractivity contribution in [1.29, 1.82) is 0 Å². The highest BCUT2D eigenvalue weighted by Crippen LogP contribution is 2.76. The molecule has 2 N–H and O–H groups in total. The maximum atomic E-state index is 13.6. The first-order valence-electron chi connectivity index (χ1n) is 11.6. The van der Waals surface area contributed by atoms with Crippen molar-refractivity contribution in [3.8, 4) is 0 Å². The molecule has 0 saturated heterocycles. The lowest BCUT2D eigenvalue weighted by Gasteiger charge is -2.72. The summed E-state index contributed by atoms with van der Waals surface area (Å²) in [5.41, 5.74) is -0.337. The molecule has 0 aliphatic heterocycles. The van der Waals surface area contributed by atoms with Gasteiger partial charge >= 0.3 is 5.97 Å². The van der Waals surface area contributed by atoms with E-state index in [1.54, 1.807) is 0 Å². The molecule has 0 amide bonds. The van der Waals surface area contributed by atoms with Crippen LogP contribution in [0.25, 0.3) is 0 Å². The van der Waals surface area contributed by atoms with Gasteiger partial charge in [0.25, 0.3) is 0 Å². The quantitative estimate of drug-likeness (QED) is 0.482. The lowest BCUT2D eigenvalue weighted by atomic mass is 9.32. The maximum Gasteiger partial charge on any atom is 0.320 e. The molecular weight excluding hydrogens is 376 g/mol. The lowest BCUT2D eigenvalue weighted by molar-refractivity contribution is -0.222. The summed E-state index contributed by atoms with van der Waals surface area (Å²) in [6.07, 6.45) is 5.46. The van der Waals surface area contributed by atoms with E-state index >= 15 is 0 Å². The van der Waals surface area contributed by atoms with Crippen molar-refractivity contribution in [2.24, 2.45) is 38.9 Å². The number of carbonyl (C=O) groups is 1. The number of hydrogen-bond acceptors (Lipinski definition) is 4. The standard InChI is InChI=1S/C26H40O4/c1-15-13-26(21(29)30-8)16(2)24(6,20(15)28)14-18-23(5)11-10-19(27)22(3,4)17(23)9-12-25(18,26)7/h13,17-20,27-28H,2,9-12,14H2,1,3-8H3/t17?,18?,19-,20?,23-,24-,25+,26-/m0/s1. The minimum absolute atomic E-state index is 0.0181. The van der Waals surface area contributed by atoms with E-state index in [-0.39, 0.29) is 34.2 Å². The number of carbonyl (C=O) groups excluding carboxylic acids is 1. The van der Waals surface area contributed by atoms with Gasteiger partial charge < -0.3 is 14.9 Å². The van der Waals surface area contributed by atoms with Crippen LogP contribution in [0.4, 0.5) is 0 Å². The fourth-order valence-corrected chi connectivity index (χ4v) is 8.84. The van der Waals surface area contributed by atoms with Crippen molar-refractivity contribution in [3.63, 3.8) is 0 Å². The largest absolute Gasteiger partial charge is 0.468 e. The van der Waals surface area contributed by atoms with Gasteiger partial charge in [-0.25, -0.2) is 0 Å². The average Bonchev–Trinajstić information content (AvgIpc) is 2.68. The second-order valence-corrected chi connectivity index (χ2v) is 12.1. The Labute approximate surface area is 181 Å². The Morgan fingerprint density at radius 1 is 1.10 bits per heavy atom. The van der Waals surface area contributed by atoms with E-state index in [2.05, 4.69) is 41.2 Å². The van der Waals surface area contributed by atoms with Crippen LogP contribution in [0, 0.1) is 38.9 Å². The summed E-state index contributed by atoms with van der Waals surface area (Å²) in [4.78, 5) is 13.6. The molecular formula is C26H40O4. The van der Waals surface area contributed by atoms with Gasteiger partial charge in [0.1, 0.15) is 5.41 Å². The highest BCUT2D eigenvalue weighted by atomic mass is 16.5. The Kier molecular flexibility index (Phi) is 4.58. The molecule has 0 radical (unpaired) electrons. The molecule has 0 aromatic rings. The predicted octanol–water partition coefficient (Wildman–Crippen LogP) is 4.65. The van der Waals surface area contributed by atoms with Gasteiger partial charge in [0.05, 0.1) is 19.3 Å². The molecule has 0 heterocycles. The number of aliphatic hydroxyl groups is 2. The van der Waals surface area contributed by atoms with Crippen molar-refractivity contribution < 1.29 is 19.7 Å². The predicted molar refractivity (Wildman–Crippen MR) is 118 cm³/mol. The van der Waals surface area contributed by atoms with Crippen LogP contribution >= 0.6 is 0 Å². The minimum Gasteiger partial charge on any atom is -0.468 e. The third-order valence-electron chi connectivity index (χ3n) is 10.7. The third kappa shape index (κ3) is 2.23. The second-order valence-electron chi connectivity index (χ2n) is 12.1. The van der Waals surface area contributed by atoms with Crippen LogP contribution in [0.15, 0.2) is 23.8 Å². The summed E-state index contributed by atoms with van der Waals surface area (Å²) in [7, 11) is 1.47. The average molecular weight is 417 g/mol. The number of methoxy groups -OCH3 is 1. The molecule has 0 aromatic heterocycles. The van der Waals surface area contributed by atoms with Gasteiger partial charge in [-0.15, -0.1) is 0 Å². The second kappa shape index (κ2) is 6.22. The van der Waals surface area contributed by atoms with Crippen molar-refractivity contribution in [2.75, 3.05) is 7.11 Å². The number of aliphatic hydroxyl groups excluding tert-OH is 2. The normalized spacial score (nSPS) is 52.0. The van der Waals surface area contributed by atoms with Gasteiger partial charge in [-0.2, -0.15) is 0 Å². The van der Waals surface area contributed by atoms with Crippen molar-refractivity contribution in [3.05, 3.63) is 23.8 Å². The van der Waals surface area contributed by atoms with E-state index < -0.39 is 16.9 Å². The number of rotatable bonds is 1. The first-order valence-corrected chi connectivity index (χ1v) is 11.6. The Morgan fingerprint density at radius 3 is 2.33 bits per heavy atom. The molecule has 4 rings (SSSR count). The van der Waals surface area contributed by atoms with Crippen molar-refractivity contribution in [2.45, 2.75) is 85.9 Å². The van der Waals surface area contributed by atoms with Crippen LogP contribution in [0.5, 0.6) is 0 Å². The third-order valence-corrected chi connectivity index (χ3v) is 10.7. The molecule has 0 aromatic carbocycles. The smallest absolute Gasteiger partial charge is 0.320 e. The zero-order chi connectivity index (χ0) is 22.5. The van der Waals surface area contributed by atoms with Gasteiger partial charge in [0.2, 0.25) is 0 Å². The molecule has 8 atom stereocenters. The summed E-state index contributed by atoms with van der Waals surface area (Å²) in [6.45, 7) is 17.5. The van der Waals surface area contributed by atoms with Crippen LogP contribution in [-0.4, -0.2) is 35.5 Å². The zero-order valence-corrected chi connectivity index (χ0v) is 19.8. The van der Waals surface area contributed by atoms with Crippen LogP contribution in [-0.2, 0) is 9.53 Å². The van der Waals surface area contributed by atoms with E-state index in [4.69, 9.17) is 4.74 Å². The number of esters is 1. The molecule has 3 saturated carbocycles. The van der Waals surface area contributed by atoms with Crippen molar-refractivity contribution in [1.82, 2.24) is 0 Å². The molecule has 4 nitrogen and oxygen atoms in total. The summed E-state index contributed by atoms with van der Waals surface area (Å²) in [5, 5.41) is 22.1. The Hall–Kier alpha value is -1.13. The highest BCUT2D eigenvalue weighted by molar-refractivity contribution is 5.86. The SMILES string of the molecule is C=C1[C@]2(C(=O)OC)C=C(C)C(O)[C@@]1(C)CC1[C@@]3(C)CC[C@H](O)C(C)(C)C3CC[C@]12C. The fraction of sp³-hybridized carbons (Fsp3) is 0.808. The van der Waals surface area contributed by atoms with Gasteiger partial charge in [-0.1, -0.05) is 47.3 Å². The van der Waals surface area contributed by atoms with E-state index in [9.17, 15) is 15.0 Å². The number of fused-ring (bicyclic) bond motifs is 6. The molecule has 0 spiro atoms. The molecule has 4 aliphatic carbocycles. The zero-order valence-electron chi connectivity index (χ0n) is 19.8. The van der Waals surface area contributed by atoms with E-state index in [0.29, 0.717) is 5.92 Å². The Balaban J connectivity index is 1.97. The van der Waals surface area contributed by atoms with Gasteiger partial charge in [0.15, 0.2) is 0 Å². The Morgan fingerprint density at radius 2 is 1.73 bits per heavy atom. The van der Waals surface area contributed by atoms with Gasteiger partial charge in [-0.3, -0.25) is 4.79 Å². The molecule has 30 heavy (non-hydrogen) atoms. The van der Waals surface area contributed by atoms with E-state index in [1.165, 1.54) is 7.11 Å². The van der Waals surface area contributed by atoms with Crippen molar-refractivity contribution >= 4 is 5.97 Å². The summed E-state index contributed by atoms with van der Waals surface area (Å²) in [6, 6.07) is 0. The molecule has 168 valence electrons. The molecule has 3 fully saturated rings. The molecule has 4 heteroatoms. The Bertz CT molecular complexity index is 827. The first-order chi connectivity index (χ1) is 13.7. The number of ether oxygens (including phenoxy) is 1. The van der Waals surface area contributed by atoms with Gasteiger partial charge in [-0.05, 0) is 78.3 Å². The summed E-state index contributed by atoms with van der Waals surface area (Å²) >= 11 is 0.